The largest absolute Gasteiger partial charge is 0.396 e. The lowest BCUT2D eigenvalue weighted by Gasteiger charge is -2.13. The van der Waals surface area contributed by atoms with Crippen LogP contribution in [0, 0.1) is 12.8 Å². The number of aryl methyl sites for hydroxylation is 1. The minimum absolute atomic E-state index is 0.0530. The number of nitrogens with one attached hydrogen (secondary N) is 2. The summed E-state index contributed by atoms with van der Waals surface area (Å²) >= 11 is 0. The maximum absolute atomic E-state index is 12.2. The monoisotopic (exact) mass is 340 g/mol. The van der Waals surface area contributed by atoms with Crippen molar-refractivity contribution in [2.24, 2.45) is 5.92 Å². The summed E-state index contributed by atoms with van der Waals surface area (Å²) < 4.78 is 1.86. The van der Waals surface area contributed by atoms with Gasteiger partial charge in [0.2, 0.25) is 0 Å². The number of aliphatic hydroxyl groups excluding tert-OH is 1. The van der Waals surface area contributed by atoms with Gasteiger partial charge in [0.15, 0.2) is 5.82 Å². The summed E-state index contributed by atoms with van der Waals surface area (Å²) in [5.74, 6) is 0.680. The minimum Gasteiger partial charge on any atom is -0.396 e. The molecule has 3 atom stereocenters. The lowest BCUT2D eigenvalue weighted by Crippen LogP contribution is -2.36. The third-order valence-corrected chi connectivity index (χ3v) is 4.55. The predicted molar refractivity (Wildman–Crippen MR) is 97.5 cm³/mol. The summed E-state index contributed by atoms with van der Waals surface area (Å²) in [7, 11) is 0. The number of carbonyl (C=O) groups excluding carboxylic acids is 1. The molecule has 132 valence electrons. The Hall–Kier alpha value is -2.60. The number of nitrogens with zero attached hydrogens (tertiary/aromatic N) is 2. The summed E-state index contributed by atoms with van der Waals surface area (Å²) in [5.41, 5.74) is 2.07. The molecule has 1 aliphatic rings. The smallest absolute Gasteiger partial charge is 0.320 e. The summed E-state index contributed by atoms with van der Waals surface area (Å²) in [6.45, 7) is 4.11. The zero-order chi connectivity index (χ0) is 17.8. The van der Waals surface area contributed by atoms with Gasteiger partial charge in [-0.2, -0.15) is 5.10 Å². The fraction of sp³-hybridized carbons (Fsp3) is 0.368. The molecule has 2 aromatic rings. The van der Waals surface area contributed by atoms with E-state index in [0.717, 1.165) is 17.5 Å². The molecule has 0 fully saturated rings. The van der Waals surface area contributed by atoms with E-state index in [9.17, 15) is 4.79 Å². The highest BCUT2D eigenvalue weighted by molar-refractivity contribution is 5.89. The molecule has 1 heterocycles. The predicted octanol–water partition coefficient (Wildman–Crippen LogP) is 2.86. The second kappa shape index (κ2) is 7.53. The Morgan fingerprint density at radius 1 is 1.36 bits per heavy atom. The Kier molecular flexibility index (Phi) is 5.19. The van der Waals surface area contributed by atoms with Gasteiger partial charge in [-0.15, -0.1) is 0 Å². The number of hydrogen-bond acceptors (Lipinski definition) is 3. The molecule has 6 heteroatoms. The number of aliphatic hydroxyl groups is 1. The Balaban J connectivity index is 1.63. The van der Waals surface area contributed by atoms with E-state index in [2.05, 4.69) is 34.8 Å². The summed E-state index contributed by atoms with van der Waals surface area (Å²) in [6, 6.07) is 9.86. The molecule has 2 amide bonds. The fourth-order valence-corrected chi connectivity index (χ4v) is 3.02. The van der Waals surface area contributed by atoms with Crippen molar-refractivity contribution in [3.8, 4) is 0 Å². The normalized spacial score (nSPS) is 20.4. The quantitative estimate of drug-likeness (QED) is 0.732. The lowest BCUT2D eigenvalue weighted by atomic mass is 10.1. The summed E-state index contributed by atoms with van der Waals surface area (Å²) in [6.07, 6.45) is 6.52. The highest BCUT2D eigenvalue weighted by atomic mass is 16.3. The zero-order valence-electron chi connectivity index (χ0n) is 14.5. The molecule has 1 aromatic heterocycles. The molecule has 0 spiro atoms. The average Bonchev–Trinajstić information content (AvgIpc) is 3.22. The SMILES string of the molecule is Cc1cn(C(C)c2ccccc2)nc1NC(=O)N[C@@H]1C=C[C@H](CO)C1. The van der Waals surface area contributed by atoms with Crippen molar-refractivity contribution in [3.05, 3.63) is 59.8 Å². The first-order chi connectivity index (χ1) is 12.1. The highest BCUT2D eigenvalue weighted by Crippen LogP contribution is 2.21. The molecule has 0 radical (unpaired) electrons. The number of carbonyl (C=O) groups is 1. The number of anilines is 1. The summed E-state index contributed by atoms with van der Waals surface area (Å²) in [4.78, 5) is 12.2. The van der Waals surface area contributed by atoms with E-state index in [1.165, 1.54) is 0 Å². The van der Waals surface area contributed by atoms with Gasteiger partial charge in [0.25, 0.3) is 0 Å². The first-order valence-electron chi connectivity index (χ1n) is 8.54. The van der Waals surface area contributed by atoms with Gasteiger partial charge in [-0.25, -0.2) is 4.79 Å². The van der Waals surface area contributed by atoms with Crippen molar-refractivity contribution >= 4 is 11.8 Å². The Morgan fingerprint density at radius 2 is 2.12 bits per heavy atom. The van der Waals surface area contributed by atoms with Crippen molar-refractivity contribution in [2.75, 3.05) is 11.9 Å². The van der Waals surface area contributed by atoms with Gasteiger partial charge in [0, 0.05) is 30.3 Å². The number of amides is 2. The van der Waals surface area contributed by atoms with Crippen LogP contribution in [0.25, 0.3) is 0 Å². The molecule has 3 rings (SSSR count). The van der Waals surface area contributed by atoms with Crippen LogP contribution in [0.5, 0.6) is 0 Å². The molecular formula is C19H24N4O2. The molecule has 6 nitrogen and oxygen atoms in total. The van der Waals surface area contributed by atoms with E-state index in [-0.39, 0.29) is 30.6 Å². The van der Waals surface area contributed by atoms with Crippen LogP contribution in [0.3, 0.4) is 0 Å². The van der Waals surface area contributed by atoms with Crippen molar-refractivity contribution in [1.29, 1.82) is 0 Å². The topological polar surface area (TPSA) is 79.2 Å². The van der Waals surface area contributed by atoms with Crippen LogP contribution in [0.4, 0.5) is 10.6 Å². The molecular weight excluding hydrogens is 316 g/mol. The zero-order valence-corrected chi connectivity index (χ0v) is 14.5. The summed E-state index contributed by atoms with van der Waals surface area (Å²) in [5, 5.41) is 19.4. The van der Waals surface area contributed by atoms with Crippen molar-refractivity contribution in [2.45, 2.75) is 32.4 Å². The molecule has 1 aromatic carbocycles. The lowest BCUT2D eigenvalue weighted by molar-refractivity contribution is 0.238. The van der Waals surface area contributed by atoms with Gasteiger partial charge >= 0.3 is 6.03 Å². The maximum atomic E-state index is 12.2. The molecule has 0 bridgehead atoms. The standard InChI is InChI=1S/C19H24N4O2/c1-13-11-23(14(2)16-6-4-3-5-7-16)22-18(13)21-19(25)20-17-9-8-15(10-17)12-24/h3-9,11,14-15,17,24H,10,12H2,1-2H3,(H2,20,21,22,25)/t14?,15-,17+/m0/s1. The third kappa shape index (κ3) is 4.09. The molecule has 1 aliphatic carbocycles. The third-order valence-electron chi connectivity index (χ3n) is 4.55. The Labute approximate surface area is 147 Å². The average molecular weight is 340 g/mol. The minimum atomic E-state index is -0.283. The van der Waals surface area contributed by atoms with Crippen molar-refractivity contribution in [1.82, 2.24) is 15.1 Å². The molecule has 0 saturated carbocycles. The molecule has 0 aliphatic heterocycles. The van der Waals surface area contributed by atoms with Gasteiger partial charge in [-0.1, -0.05) is 42.5 Å². The highest BCUT2D eigenvalue weighted by Gasteiger charge is 2.20. The van der Waals surface area contributed by atoms with E-state index < -0.39 is 0 Å². The second-order valence-corrected chi connectivity index (χ2v) is 6.50. The first kappa shape index (κ1) is 17.2. The van der Waals surface area contributed by atoms with Crippen LogP contribution in [-0.2, 0) is 0 Å². The number of aromatic nitrogens is 2. The van der Waals surface area contributed by atoms with E-state index in [4.69, 9.17) is 5.11 Å². The van der Waals surface area contributed by atoms with Crippen LogP contribution < -0.4 is 10.6 Å². The van der Waals surface area contributed by atoms with Crippen LogP contribution in [0.15, 0.2) is 48.7 Å². The van der Waals surface area contributed by atoms with Gasteiger partial charge in [0.1, 0.15) is 0 Å². The molecule has 0 saturated heterocycles. The van der Waals surface area contributed by atoms with Gasteiger partial charge in [-0.05, 0) is 25.8 Å². The number of benzene rings is 1. The van der Waals surface area contributed by atoms with E-state index in [0.29, 0.717) is 5.82 Å². The van der Waals surface area contributed by atoms with E-state index in [1.807, 2.05) is 48.2 Å². The number of hydrogen-bond donors (Lipinski definition) is 3. The Morgan fingerprint density at radius 3 is 2.80 bits per heavy atom. The number of rotatable bonds is 5. The van der Waals surface area contributed by atoms with Crippen LogP contribution in [0.1, 0.15) is 30.5 Å². The van der Waals surface area contributed by atoms with E-state index in [1.54, 1.807) is 0 Å². The number of urea groups is 1. The van der Waals surface area contributed by atoms with Crippen molar-refractivity contribution in [3.63, 3.8) is 0 Å². The second-order valence-electron chi connectivity index (χ2n) is 6.50. The molecule has 3 N–H and O–H groups in total. The Bertz CT molecular complexity index is 754. The van der Waals surface area contributed by atoms with Crippen LogP contribution >= 0.6 is 0 Å². The van der Waals surface area contributed by atoms with Gasteiger partial charge in [0.05, 0.1) is 6.04 Å². The first-order valence-corrected chi connectivity index (χ1v) is 8.54. The van der Waals surface area contributed by atoms with Crippen molar-refractivity contribution < 1.29 is 9.90 Å². The van der Waals surface area contributed by atoms with Gasteiger partial charge in [-0.3, -0.25) is 10.00 Å². The van der Waals surface area contributed by atoms with Crippen LogP contribution in [-0.4, -0.2) is 33.6 Å². The fourth-order valence-electron chi connectivity index (χ4n) is 3.02. The molecule has 25 heavy (non-hydrogen) atoms. The van der Waals surface area contributed by atoms with Gasteiger partial charge < -0.3 is 10.4 Å². The van der Waals surface area contributed by atoms with Crippen LogP contribution in [0.2, 0.25) is 0 Å². The van der Waals surface area contributed by atoms with E-state index >= 15 is 0 Å². The maximum Gasteiger partial charge on any atom is 0.320 e. The molecule has 1 unspecified atom stereocenters.